The van der Waals surface area contributed by atoms with Crippen LogP contribution in [-0.2, 0) is 14.8 Å². The van der Waals surface area contributed by atoms with Crippen molar-refractivity contribution in [3.05, 3.63) is 24.3 Å². The molecule has 0 radical (unpaired) electrons. The molecule has 1 saturated heterocycles. The number of hydrogen-bond donors (Lipinski definition) is 0. The number of likely N-dealkylation sites (tertiary alicyclic amines) is 1. The summed E-state index contributed by atoms with van der Waals surface area (Å²) in [5, 5.41) is 0. The van der Waals surface area contributed by atoms with Crippen LogP contribution in [0.4, 0.5) is 0 Å². The zero-order valence-electron chi connectivity index (χ0n) is 15.7. The first-order valence-corrected chi connectivity index (χ1v) is 10.8. The molecule has 0 spiro atoms. The highest BCUT2D eigenvalue weighted by Gasteiger charge is 2.42. The number of hydrogen-bond acceptors (Lipinski definition) is 4. The number of rotatable bonds is 3. The van der Waals surface area contributed by atoms with Crippen molar-refractivity contribution in [2.45, 2.75) is 57.1 Å². The molecular weight excluding hydrogens is 352 g/mol. The topological polar surface area (TPSA) is 66.9 Å². The Kier molecular flexibility index (Phi) is 5.58. The number of ether oxygens (including phenoxy) is 1. The summed E-state index contributed by atoms with van der Waals surface area (Å²) in [6.45, 7) is 7.48. The molecule has 1 fully saturated rings. The maximum atomic E-state index is 13.1. The summed E-state index contributed by atoms with van der Waals surface area (Å²) in [7, 11) is -3.61. The van der Waals surface area contributed by atoms with Gasteiger partial charge in [0.1, 0.15) is 16.7 Å². The van der Waals surface area contributed by atoms with Crippen LogP contribution in [0.1, 0.15) is 40.0 Å². The van der Waals surface area contributed by atoms with Crippen molar-refractivity contribution < 1.29 is 17.9 Å². The van der Waals surface area contributed by atoms with Gasteiger partial charge in [-0.15, -0.1) is 0 Å². The molecule has 0 aliphatic carbocycles. The number of benzene rings is 1. The van der Waals surface area contributed by atoms with Crippen molar-refractivity contribution in [1.29, 1.82) is 0 Å². The normalized spacial score (nSPS) is 25.6. The summed E-state index contributed by atoms with van der Waals surface area (Å²) < 4.78 is 34.0. The predicted molar refractivity (Wildman–Crippen MR) is 99.5 cm³/mol. The van der Waals surface area contributed by atoms with E-state index in [0.717, 1.165) is 0 Å². The second-order valence-corrected chi connectivity index (χ2v) is 9.29. The maximum Gasteiger partial charge on any atom is 0.247 e. The van der Waals surface area contributed by atoms with Gasteiger partial charge in [0.15, 0.2) is 0 Å². The number of amides is 1. The Morgan fingerprint density at radius 3 is 2.62 bits per heavy atom. The highest BCUT2D eigenvalue weighted by molar-refractivity contribution is 7.89. The molecule has 0 bridgehead atoms. The van der Waals surface area contributed by atoms with Gasteiger partial charge in [-0.2, -0.15) is 4.31 Å². The van der Waals surface area contributed by atoms with Gasteiger partial charge in [-0.1, -0.05) is 32.9 Å². The van der Waals surface area contributed by atoms with Gasteiger partial charge in [0, 0.05) is 32.5 Å². The van der Waals surface area contributed by atoms with Gasteiger partial charge in [-0.05, 0) is 24.5 Å². The highest BCUT2D eigenvalue weighted by atomic mass is 32.2. The molecule has 0 unspecified atom stereocenters. The van der Waals surface area contributed by atoms with Crippen LogP contribution in [0.5, 0.6) is 5.75 Å². The van der Waals surface area contributed by atoms with Crippen LogP contribution in [0.3, 0.4) is 0 Å². The van der Waals surface area contributed by atoms with Crippen molar-refractivity contribution in [2.75, 3.05) is 19.6 Å². The lowest BCUT2D eigenvalue weighted by Gasteiger charge is -2.30. The van der Waals surface area contributed by atoms with Gasteiger partial charge in [0.25, 0.3) is 0 Å². The number of carbonyl (C=O) groups excluding carboxylic acids is 1. The van der Waals surface area contributed by atoms with Crippen molar-refractivity contribution >= 4 is 15.9 Å². The predicted octanol–water partition coefficient (Wildman–Crippen LogP) is 2.50. The number of para-hydroxylation sites is 1. The van der Waals surface area contributed by atoms with E-state index in [1.807, 2.05) is 25.7 Å². The summed E-state index contributed by atoms with van der Waals surface area (Å²) in [6, 6.07) is 6.59. The zero-order chi connectivity index (χ0) is 18.9. The summed E-state index contributed by atoms with van der Waals surface area (Å²) >= 11 is 0. The molecule has 1 amide bonds. The van der Waals surface area contributed by atoms with Crippen LogP contribution < -0.4 is 4.74 Å². The minimum Gasteiger partial charge on any atom is -0.487 e. The fourth-order valence-electron chi connectivity index (χ4n) is 3.89. The molecule has 0 N–H and O–H groups in total. The van der Waals surface area contributed by atoms with Crippen LogP contribution >= 0.6 is 0 Å². The van der Waals surface area contributed by atoms with E-state index in [-0.39, 0.29) is 22.9 Å². The van der Waals surface area contributed by atoms with E-state index in [0.29, 0.717) is 50.6 Å². The summed E-state index contributed by atoms with van der Waals surface area (Å²) in [6.07, 6.45) is 1.50. The van der Waals surface area contributed by atoms with E-state index in [1.54, 1.807) is 28.6 Å². The molecule has 3 rings (SSSR count). The van der Waals surface area contributed by atoms with E-state index >= 15 is 0 Å². The Morgan fingerprint density at radius 1 is 1.23 bits per heavy atom. The Bertz CT molecular complexity index is 763. The largest absolute Gasteiger partial charge is 0.487 e. The fourth-order valence-corrected chi connectivity index (χ4v) is 5.70. The average molecular weight is 381 g/mol. The third-order valence-corrected chi connectivity index (χ3v) is 7.18. The minimum atomic E-state index is -3.61. The van der Waals surface area contributed by atoms with Crippen molar-refractivity contribution in [1.82, 2.24) is 9.21 Å². The van der Waals surface area contributed by atoms with Crippen LogP contribution in [0.2, 0.25) is 0 Å². The molecule has 7 heteroatoms. The van der Waals surface area contributed by atoms with E-state index in [9.17, 15) is 13.2 Å². The van der Waals surface area contributed by atoms with Gasteiger partial charge < -0.3 is 9.64 Å². The summed E-state index contributed by atoms with van der Waals surface area (Å²) in [5.41, 5.74) is 0. The third kappa shape index (κ3) is 3.60. The second-order valence-electron chi connectivity index (χ2n) is 7.43. The van der Waals surface area contributed by atoms with E-state index < -0.39 is 10.0 Å². The Balaban J connectivity index is 1.90. The number of sulfonamides is 1. The molecule has 2 aliphatic rings. The van der Waals surface area contributed by atoms with Gasteiger partial charge in [0.05, 0.1) is 6.04 Å². The first-order chi connectivity index (χ1) is 12.3. The van der Waals surface area contributed by atoms with Crippen molar-refractivity contribution in [3.63, 3.8) is 0 Å². The molecule has 2 atom stereocenters. The smallest absolute Gasteiger partial charge is 0.247 e. The molecule has 6 nitrogen and oxygen atoms in total. The molecule has 1 aromatic rings. The molecule has 2 aliphatic heterocycles. The van der Waals surface area contributed by atoms with Crippen LogP contribution in [-0.4, -0.2) is 55.3 Å². The van der Waals surface area contributed by atoms with Gasteiger partial charge in [-0.25, -0.2) is 8.42 Å². The Morgan fingerprint density at radius 2 is 1.92 bits per heavy atom. The quantitative estimate of drug-likeness (QED) is 0.808. The first kappa shape index (κ1) is 19.2. The summed E-state index contributed by atoms with van der Waals surface area (Å²) in [4.78, 5) is 14.6. The van der Waals surface area contributed by atoms with E-state index in [2.05, 4.69) is 0 Å². The van der Waals surface area contributed by atoms with Crippen LogP contribution in [0, 0.1) is 5.92 Å². The first-order valence-electron chi connectivity index (χ1n) is 9.40. The Hall–Kier alpha value is -1.60. The lowest BCUT2D eigenvalue weighted by atomic mass is 10.1. The molecule has 26 heavy (non-hydrogen) atoms. The van der Waals surface area contributed by atoms with Gasteiger partial charge in [0.2, 0.25) is 15.9 Å². The van der Waals surface area contributed by atoms with Crippen molar-refractivity contribution in [2.24, 2.45) is 5.92 Å². The number of likely N-dealkylation sites (N-methyl/N-ethyl adjacent to an activating group) is 1. The monoisotopic (exact) mass is 380 g/mol. The molecule has 0 saturated carbocycles. The second kappa shape index (κ2) is 7.56. The molecule has 144 valence electrons. The fraction of sp³-hybridized carbons (Fsp3) is 0.632. The molecule has 1 aromatic carbocycles. The molecular formula is C19H28N2O4S. The van der Waals surface area contributed by atoms with Crippen LogP contribution in [0.15, 0.2) is 29.2 Å². The number of carbonyl (C=O) groups is 1. The van der Waals surface area contributed by atoms with Gasteiger partial charge >= 0.3 is 0 Å². The van der Waals surface area contributed by atoms with E-state index in [4.69, 9.17) is 4.74 Å². The lowest BCUT2D eigenvalue weighted by Crippen LogP contribution is -2.47. The van der Waals surface area contributed by atoms with E-state index in [1.165, 1.54) is 0 Å². The molecule has 0 aromatic heterocycles. The van der Waals surface area contributed by atoms with Crippen molar-refractivity contribution in [3.8, 4) is 5.75 Å². The molecule has 2 heterocycles. The average Bonchev–Trinajstić information content (AvgIpc) is 2.82. The van der Waals surface area contributed by atoms with Gasteiger partial charge in [-0.3, -0.25) is 4.79 Å². The standard InChI is InChI=1S/C19H28N2O4S/c1-4-21-15-9-11-20(19(22)13-14(2)3)12-10-16(15)25-17-7-5-6-8-18(17)26(21,23)24/h5-8,14-16H,4,9-13H2,1-3H3/t15-,16-/m1/s1. The number of nitrogens with zero attached hydrogens (tertiary/aromatic N) is 2. The lowest BCUT2D eigenvalue weighted by molar-refractivity contribution is -0.131. The third-order valence-electron chi connectivity index (χ3n) is 5.14. The minimum absolute atomic E-state index is 0.141. The Labute approximate surface area is 156 Å². The SMILES string of the molecule is CCN1[C@@H]2CCN(C(=O)CC(C)C)CC[C@H]2Oc2ccccc2S1(=O)=O. The van der Waals surface area contributed by atoms with Crippen LogP contribution in [0.25, 0.3) is 0 Å². The maximum absolute atomic E-state index is 13.1. The highest BCUT2D eigenvalue weighted by Crippen LogP contribution is 2.36. The summed E-state index contributed by atoms with van der Waals surface area (Å²) in [5.74, 6) is 0.870. The number of fused-ring (bicyclic) bond motifs is 2. The zero-order valence-corrected chi connectivity index (χ0v) is 16.5.